The fourth-order valence-corrected chi connectivity index (χ4v) is 1.95. The molecule has 1 heterocycles. The maximum Gasteiger partial charge on any atom is 0.169 e. The monoisotopic (exact) mass is 230 g/mol. The summed E-state index contributed by atoms with van der Waals surface area (Å²) in [6.07, 6.45) is 1.53. The van der Waals surface area contributed by atoms with Crippen LogP contribution in [0.15, 0.2) is 24.3 Å². The fraction of sp³-hybridized carbons (Fsp3) is 0.231. The van der Waals surface area contributed by atoms with Gasteiger partial charge in [-0.2, -0.15) is 5.26 Å². The summed E-state index contributed by atoms with van der Waals surface area (Å²) in [5.74, 6) is -0.479. The Morgan fingerprint density at radius 3 is 2.88 bits per heavy atom. The Kier molecular flexibility index (Phi) is 3.20. The minimum absolute atomic E-state index is 0.0594. The molecule has 0 atom stereocenters. The molecule has 4 heteroatoms. The number of fused-ring (bicyclic) bond motifs is 1. The number of carbonyl (C=O) groups is 1. The normalized spacial score (nSPS) is 10.4. The molecule has 0 aliphatic carbocycles. The van der Waals surface area contributed by atoms with Crippen LogP contribution in [0.5, 0.6) is 0 Å². The summed E-state index contributed by atoms with van der Waals surface area (Å²) in [6.45, 7) is 0.478. The van der Waals surface area contributed by atoms with E-state index >= 15 is 0 Å². The molecule has 0 bridgehead atoms. The lowest BCUT2D eigenvalue weighted by Crippen LogP contribution is -2.03. The Hall–Kier alpha value is -2.15. The number of halogens is 1. The highest BCUT2D eigenvalue weighted by molar-refractivity contribution is 5.89. The van der Waals surface area contributed by atoms with Gasteiger partial charge in [0.25, 0.3) is 0 Å². The summed E-state index contributed by atoms with van der Waals surface area (Å²) in [7, 11) is 0. The van der Waals surface area contributed by atoms with Gasteiger partial charge in [-0.15, -0.1) is 0 Å². The van der Waals surface area contributed by atoms with Gasteiger partial charge in [0.05, 0.1) is 11.6 Å². The van der Waals surface area contributed by atoms with E-state index < -0.39 is 5.82 Å². The zero-order valence-corrected chi connectivity index (χ0v) is 9.19. The van der Waals surface area contributed by atoms with Crippen LogP contribution in [0.25, 0.3) is 10.9 Å². The first kappa shape index (κ1) is 11.3. The summed E-state index contributed by atoms with van der Waals surface area (Å²) >= 11 is 0. The van der Waals surface area contributed by atoms with E-state index in [1.807, 2.05) is 6.07 Å². The predicted octanol–water partition coefficient (Wildman–Crippen LogP) is 2.90. The molecular formula is C13H11FN2O. The molecule has 2 aromatic rings. The van der Waals surface area contributed by atoms with Crippen molar-refractivity contribution in [3.63, 3.8) is 0 Å². The third-order valence-electron chi connectivity index (χ3n) is 2.73. The number of unbranched alkanes of at least 4 members (excludes halogenated alkanes) is 1. The van der Waals surface area contributed by atoms with Gasteiger partial charge in [-0.05, 0) is 18.6 Å². The van der Waals surface area contributed by atoms with Crippen LogP contribution in [0.3, 0.4) is 0 Å². The van der Waals surface area contributed by atoms with Crippen molar-refractivity contribution in [2.75, 3.05) is 0 Å². The summed E-state index contributed by atoms with van der Waals surface area (Å²) in [5, 5.41) is 8.94. The first-order valence-electron chi connectivity index (χ1n) is 5.38. The van der Waals surface area contributed by atoms with Crippen molar-refractivity contribution in [2.45, 2.75) is 19.4 Å². The van der Waals surface area contributed by atoms with E-state index in [0.29, 0.717) is 36.6 Å². The number of aldehydes is 1. The van der Waals surface area contributed by atoms with Gasteiger partial charge in [-0.3, -0.25) is 4.79 Å². The predicted molar refractivity (Wildman–Crippen MR) is 62.1 cm³/mol. The van der Waals surface area contributed by atoms with E-state index in [0.717, 1.165) is 0 Å². The molecule has 0 amide bonds. The molecule has 2 rings (SSSR count). The smallest absolute Gasteiger partial charge is 0.169 e. The van der Waals surface area contributed by atoms with Crippen LogP contribution in [0.2, 0.25) is 0 Å². The fourth-order valence-electron chi connectivity index (χ4n) is 1.95. The zero-order valence-electron chi connectivity index (χ0n) is 9.19. The van der Waals surface area contributed by atoms with Crippen LogP contribution in [-0.4, -0.2) is 10.9 Å². The van der Waals surface area contributed by atoms with Gasteiger partial charge in [0.1, 0.15) is 5.69 Å². The highest BCUT2D eigenvalue weighted by Crippen LogP contribution is 2.24. The second kappa shape index (κ2) is 4.79. The third kappa shape index (κ3) is 1.92. The lowest BCUT2D eigenvalue weighted by atomic mass is 10.2. The highest BCUT2D eigenvalue weighted by atomic mass is 19.1. The zero-order chi connectivity index (χ0) is 12.3. The molecule has 0 radical (unpaired) electrons. The lowest BCUT2D eigenvalue weighted by Gasteiger charge is -2.04. The average molecular weight is 230 g/mol. The van der Waals surface area contributed by atoms with E-state index in [4.69, 9.17) is 5.26 Å². The summed E-state index contributed by atoms with van der Waals surface area (Å²) < 4.78 is 15.5. The number of nitrogens with zero attached hydrogens (tertiary/aromatic N) is 2. The molecule has 0 unspecified atom stereocenters. The number of benzene rings is 1. The first-order chi connectivity index (χ1) is 8.29. The van der Waals surface area contributed by atoms with Crippen LogP contribution in [0.4, 0.5) is 4.39 Å². The number of para-hydroxylation sites is 1. The number of nitriles is 1. The molecular weight excluding hydrogens is 219 g/mol. The largest absolute Gasteiger partial charge is 0.336 e. The molecule has 0 saturated heterocycles. The molecule has 0 N–H and O–H groups in total. The van der Waals surface area contributed by atoms with Crippen LogP contribution < -0.4 is 0 Å². The minimum atomic E-state index is -0.479. The Labute approximate surface area is 98.1 Å². The van der Waals surface area contributed by atoms with Crippen molar-refractivity contribution in [2.24, 2.45) is 0 Å². The Balaban J connectivity index is 2.51. The SMILES string of the molecule is N#CCCCn1c(C=O)c(F)c2ccccc21. The van der Waals surface area contributed by atoms with Crippen molar-refractivity contribution < 1.29 is 9.18 Å². The van der Waals surface area contributed by atoms with Gasteiger partial charge >= 0.3 is 0 Å². The average Bonchev–Trinajstić information content (AvgIpc) is 2.63. The minimum Gasteiger partial charge on any atom is -0.336 e. The van der Waals surface area contributed by atoms with Gasteiger partial charge < -0.3 is 4.57 Å². The second-order valence-corrected chi connectivity index (χ2v) is 3.75. The van der Waals surface area contributed by atoms with E-state index in [-0.39, 0.29) is 5.69 Å². The van der Waals surface area contributed by atoms with E-state index in [9.17, 15) is 9.18 Å². The summed E-state index contributed by atoms with van der Waals surface area (Å²) in [4.78, 5) is 10.9. The van der Waals surface area contributed by atoms with E-state index in [1.54, 1.807) is 28.8 Å². The van der Waals surface area contributed by atoms with Crippen molar-refractivity contribution in [3.8, 4) is 6.07 Å². The molecule has 0 aliphatic rings. The maximum absolute atomic E-state index is 13.9. The Morgan fingerprint density at radius 1 is 1.41 bits per heavy atom. The first-order valence-corrected chi connectivity index (χ1v) is 5.38. The number of aromatic nitrogens is 1. The standard InChI is InChI=1S/C13H11FN2O/c14-13-10-5-1-2-6-11(10)16(12(13)9-17)8-4-3-7-15/h1-2,5-6,9H,3-4,8H2. The number of rotatable bonds is 4. The van der Waals surface area contributed by atoms with Crippen LogP contribution >= 0.6 is 0 Å². The van der Waals surface area contributed by atoms with Crippen molar-refractivity contribution in [1.29, 1.82) is 5.26 Å². The Morgan fingerprint density at radius 2 is 2.18 bits per heavy atom. The molecule has 1 aromatic carbocycles. The van der Waals surface area contributed by atoms with Crippen LogP contribution in [0, 0.1) is 17.1 Å². The quantitative estimate of drug-likeness (QED) is 0.598. The lowest BCUT2D eigenvalue weighted by molar-refractivity contribution is 0.111. The van der Waals surface area contributed by atoms with Gasteiger partial charge in [0, 0.05) is 18.4 Å². The van der Waals surface area contributed by atoms with Crippen LogP contribution in [-0.2, 0) is 6.54 Å². The summed E-state index contributed by atoms with van der Waals surface area (Å²) in [6, 6.07) is 9.00. The second-order valence-electron chi connectivity index (χ2n) is 3.75. The molecule has 3 nitrogen and oxygen atoms in total. The van der Waals surface area contributed by atoms with Gasteiger partial charge in [-0.25, -0.2) is 4.39 Å². The number of aryl methyl sites for hydroxylation is 1. The summed E-state index contributed by atoms with van der Waals surface area (Å²) in [5.41, 5.74) is 0.758. The Bertz CT molecular complexity index is 595. The van der Waals surface area contributed by atoms with Gasteiger partial charge in [-0.1, -0.05) is 12.1 Å². The third-order valence-corrected chi connectivity index (χ3v) is 2.73. The van der Waals surface area contributed by atoms with Gasteiger partial charge in [0.2, 0.25) is 0 Å². The molecule has 0 spiro atoms. The van der Waals surface area contributed by atoms with Gasteiger partial charge in [0.15, 0.2) is 12.1 Å². The molecule has 1 aromatic heterocycles. The van der Waals surface area contributed by atoms with E-state index in [2.05, 4.69) is 0 Å². The van der Waals surface area contributed by atoms with Crippen molar-refractivity contribution in [3.05, 3.63) is 35.8 Å². The molecule has 0 fully saturated rings. The molecule has 86 valence electrons. The van der Waals surface area contributed by atoms with Crippen molar-refractivity contribution >= 4 is 17.2 Å². The number of carbonyl (C=O) groups excluding carboxylic acids is 1. The number of hydrogen-bond donors (Lipinski definition) is 0. The maximum atomic E-state index is 13.9. The molecule has 0 aliphatic heterocycles. The highest BCUT2D eigenvalue weighted by Gasteiger charge is 2.15. The topological polar surface area (TPSA) is 45.8 Å². The van der Waals surface area contributed by atoms with Crippen LogP contribution in [0.1, 0.15) is 23.3 Å². The molecule has 17 heavy (non-hydrogen) atoms. The molecule has 0 saturated carbocycles. The van der Waals surface area contributed by atoms with E-state index in [1.165, 1.54) is 0 Å². The van der Waals surface area contributed by atoms with Crippen molar-refractivity contribution in [1.82, 2.24) is 4.57 Å². The number of hydrogen-bond acceptors (Lipinski definition) is 2.